The van der Waals surface area contributed by atoms with E-state index in [4.69, 9.17) is 0 Å². The minimum Gasteiger partial charge on any atom is -0.349 e. The maximum Gasteiger partial charge on any atom is 0.261 e. The first-order chi connectivity index (χ1) is 14.9. The number of hydrogen-bond donors (Lipinski definition) is 3. The molecule has 0 unspecified atom stereocenters. The molecular formula is C24H32N3O3S. The first kappa shape index (κ1) is 24.6. The highest BCUT2D eigenvalue weighted by molar-refractivity contribution is 7.12. The molecule has 1 aromatic heterocycles. The van der Waals surface area contributed by atoms with Crippen molar-refractivity contribution in [2.75, 3.05) is 6.54 Å². The van der Waals surface area contributed by atoms with Gasteiger partial charge in [-0.1, -0.05) is 45.4 Å². The van der Waals surface area contributed by atoms with Crippen molar-refractivity contribution in [3.05, 3.63) is 64.3 Å². The molecule has 3 amide bonds. The minimum atomic E-state index is -0.889. The Balaban J connectivity index is 2.01. The Kier molecular flexibility index (Phi) is 10.2. The summed E-state index contributed by atoms with van der Waals surface area (Å²) in [5.74, 6) is -0.581. The van der Waals surface area contributed by atoms with Crippen LogP contribution >= 0.6 is 11.3 Å². The van der Waals surface area contributed by atoms with Gasteiger partial charge in [-0.15, -0.1) is 11.3 Å². The Morgan fingerprint density at radius 3 is 2.42 bits per heavy atom. The van der Waals surface area contributed by atoms with E-state index in [1.807, 2.05) is 31.4 Å². The van der Waals surface area contributed by atoms with E-state index in [2.05, 4.69) is 22.9 Å². The van der Waals surface area contributed by atoms with Crippen LogP contribution in [-0.2, 0) is 11.2 Å². The van der Waals surface area contributed by atoms with Gasteiger partial charge in [0.1, 0.15) is 6.04 Å². The molecule has 1 aromatic carbocycles. The Hall–Kier alpha value is -2.67. The van der Waals surface area contributed by atoms with Crippen molar-refractivity contribution in [2.45, 2.75) is 52.5 Å². The van der Waals surface area contributed by atoms with Gasteiger partial charge < -0.3 is 16.0 Å². The van der Waals surface area contributed by atoms with E-state index in [1.54, 1.807) is 30.8 Å². The molecule has 6 nitrogen and oxygen atoms in total. The van der Waals surface area contributed by atoms with Gasteiger partial charge in [0.05, 0.1) is 4.88 Å². The lowest BCUT2D eigenvalue weighted by molar-refractivity contribution is -0.122. The van der Waals surface area contributed by atoms with Gasteiger partial charge in [0.15, 0.2) is 0 Å². The third-order valence-electron chi connectivity index (χ3n) is 4.70. The molecule has 3 N–H and O–H groups in total. The highest BCUT2D eigenvalue weighted by Crippen LogP contribution is 2.09. The number of amides is 3. The molecule has 0 spiro atoms. The SMILES string of the molecule is CCCCc1ccc(C(=O)N[C@@H](CNC(=O)c2cccs2)C(=O)N[CH]CC(C)C)cc1. The second-order valence-electron chi connectivity index (χ2n) is 7.86. The van der Waals surface area contributed by atoms with E-state index in [0.29, 0.717) is 22.8 Å². The number of rotatable bonds is 12. The van der Waals surface area contributed by atoms with E-state index in [-0.39, 0.29) is 24.3 Å². The van der Waals surface area contributed by atoms with Crippen molar-refractivity contribution < 1.29 is 14.4 Å². The van der Waals surface area contributed by atoms with Gasteiger partial charge in [-0.25, -0.2) is 0 Å². The molecule has 0 saturated heterocycles. The topological polar surface area (TPSA) is 87.3 Å². The maximum absolute atomic E-state index is 12.7. The van der Waals surface area contributed by atoms with E-state index in [1.165, 1.54) is 16.9 Å². The molecule has 0 saturated carbocycles. The quantitative estimate of drug-likeness (QED) is 0.465. The van der Waals surface area contributed by atoms with Crippen LogP contribution in [0.25, 0.3) is 0 Å². The number of thiophene rings is 1. The first-order valence-electron chi connectivity index (χ1n) is 10.7. The average Bonchev–Trinajstić information content (AvgIpc) is 3.30. The van der Waals surface area contributed by atoms with Crippen molar-refractivity contribution >= 4 is 29.1 Å². The molecule has 2 rings (SSSR count). The van der Waals surface area contributed by atoms with Crippen LogP contribution in [0.3, 0.4) is 0 Å². The monoisotopic (exact) mass is 442 g/mol. The lowest BCUT2D eigenvalue weighted by Gasteiger charge is -2.19. The van der Waals surface area contributed by atoms with Gasteiger partial charge >= 0.3 is 0 Å². The number of unbranched alkanes of at least 4 members (excludes halogenated alkanes) is 1. The zero-order valence-corrected chi connectivity index (χ0v) is 19.3. The second kappa shape index (κ2) is 12.9. The van der Waals surface area contributed by atoms with Crippen LogP contribution in [-0.4, -0.2) is 30.3 Å². The summed E-state index contributed by atoms with van der Waals surface area (Å²) in [6.07, 6.45) is 3.91. The maximum atomic E-state index is 12.7. The third-order valence-corrected chi connectivity index (χ3v) is 5.57. The smallest absolute Gasteiger partial charge is 0.261 e. The van der Waals surface area contributed by atoms with E-state index < -0.39 is 6.04 Å². The minimum absolute atomic E-state index is 0.00158. The molecule has 0 bridgehead atoms. The standard InChI is InChI=1S/C24H32N3O3S/c1-4-5-7-18-9-11-19(12-10-18)22(28)27-20(23(29)25-14-13-17(2)3)16-26-24(30)21-8-6-15-31-21/h6,8-12,14-15,17,20H,4-5,7,13,16H2,1-3H3,(H,25,29)(H,26,30)(H,27,28)/t20-/m0/s1. The van der Waals surface area contributed by atoms with Crippen molar-refractivity contribution in [3.8, 4) is 0 Å². The molecule has 2 aromatic rings. The van der Waals surface area contributed by atoms with Crippen LogP contribution in [0.5, 0.6) is 0 Å². The van der Waals surface area contributed by atoms with Crippen LogP contribution in [0, 0.1) is 12.5 Å². The fourth-order valence-electron chi connectivity index (χ4n) is 2.84. The van der Waals surface area contributed by atoms with Gasteiger partial charge in [-0.05, 0) is 54.3 Å². The first-order valence-corrected chi connectivity index (χ1v) is 11.6. The fourth-order valence-corrected chi connectivity index (χ4v) is 3.48. The van der Waals surface area contributed by atoms with Crippen molar-refractivity contribution in [1.82, 2.24) is 16.0 Å². The molecule has 0 aliphatic heterocycles. The van der Waals surface area contributed by atoms with Gasteiger partial charge in [0.25, 0.3) is 11.8 Å². The van der Waals surface area contributed by atoms with Crippen LogP contribution in [0.1, 0.15) is 65.6 Å². The summed E-state index contributed by atoms with van der Waals surface area (Å²) in [7, 11) is 0. The molecule has 0 aliphatic carbocycles. The normalized spacial score (nSPS) is 11.7. The Morgan fingerprint density at radius 2 is 1.81 bits per heavy atom. The average molecular weight is 443 g/mol. The largest absolute Gasteiger partial charge is 0.349 e. The zero-order valence-electron chi connectivity index (χ0n) is 18.4. The lowest BCUT2D eigenvalue weighted by Crippen LogP contribution is -2.52. The van der Waals surface area contributed by atoms with Crippen LogP contribution < -0.4 is 16.0 Å². The summed E-state index contributed by atoms with van der Waals surface area (Å²) in [5, 5.41) is 10.0. The van der Waals surface area contributed by atoms with Gasteiger partial charge in [-0.2, -0.15) is 0 Å². The second-order valence-corrected chi connectivity index (χ2v) is 8.80. The lowest BCUT2D eigenvalue weighted by atomic mass is 10.1. The number of carbonyl (C=O) groups is 3. The molecule has 1 radical (unpaired) electrons. The number of carbonyl (C=O) groups excluding carboxylic acids is 3. The number of hydrogen-bond acceptors (Lipinski definition) is 4. The summed E-state index contributed by atoms with van der Waals surface area (Å²) in [5.41, 5.74) is 1.66. The van der Waals surface area contributed by atoms with E-state index in [0.717, 1.165) is 19.3 Å². The molecule has 167 valence electrons. The zero-order chi connectivity index (χ0) is 22.6. The summed E-state index contributed by atoms with van der Waals surface area (Å²) >= 11 is 1.32. The highest BCUT2D eigenvalue weighted by atomic mass is 32.1. The van der Waals surface area contributed by atoms with E-state index >= 15 is 0 Å². The fraction of sp³-hybridized carbons (Fsp3) is 0.417. The molecular weight excluding hydrogens is 410 g/mol. The molecule has 7 heteroatoms. The molecule has 1 heterocycles. The van der Waals surface area contributed by atoms with Gasteiger partial charge in [0, 0.05) is 18.7 Å². The Labute approximate surface area is 188 Å². The Bertz CT molecular complexity index is 832. The van der Waals surface area contributed by atoms with Crippen molar-refractivity contribution in [3.63, 3.8) is 0 Å². The third kappa shape index (κ3) is 8.53. The van der Waals surface area contributed by atoms with Crippen LogP contribution in [0.2, 0.25) is 0 Å². The predicted octanol–water partition coefficient (Wildman–Crippen LogP) is 3.94. The van der Waals surface area contributed by atoms with Crippen LogP contribution in [0.4, 0.5) is 0 Å². The Morgan fingerprint density at radius 1 is 1.06 bits per heavy atom. The molecule has 0 aliphatic rings. The summed E-state index contributed by atoms with van der Waals surface area (Å²) in [4.78, 5) is 38.2. The molecule has 31 heavy (non-hydrogen) atoms. The van der Waals surface area contributed by atoms with E-state index in [9.17, 15) is 14.4 Å². The molecule has 1 atom stereocenters. The van der Waals surface area contributed by atoms with Gasteiger partial charge in [-0.3, -0.25) is 14.4 Å². The van der Waals surface area contributed by atoms with Crippen LogP contribution in [0.15, 0.2) is 41.8 Å². The summed E-state index contributed by atoms with van der Waals surface area (Å²) in [6, 6.07) is 10.0. The predicted molar refractivity (Wildman–Crippen MR) is 125 cm³/mol. The summed E-state index contributed by atoms with van der Waals surface area (Å²) < 4.78 is 0. The number of aryl methyl sites for hydroxylation is 1. The molecule has 0 fully saturated rings. The number of benzene rings is 1. The highest BCUT2D eigenvalue weighted by Gasteiger charge is 2.22. The van der Waals surface area contributed by atoms with Crippen molar-refractivity contribution in [1.29, 1.82) is 0 Å². The summed E-state index contributed by atoms with van der Waals surface area (Å²) in [6.45, 7) is 7.93. The van der Waals surface area contributed by atoms with Crippen molar-refractivity contribution in [2.24, 2.45) is 5.92 Å². The number of nitrogens with one attached hydrogen (secondary N) is 3. The van der Waals surface area contributed by atoms with Gasteiger partial charge in [0.2, 0.25) is 5.91 Å².